The maximum atomic E-state index is 2.32. The Morgan fingerprint density at radius 2 is 1.64 bits per heavy atom. The van der Waals surface area contributed by atoms with Crippen molar-refractivity contribution in [3.63, 3.8) is 0 Å². The van der Waals surface area contributed by atoms with Crippen LogP contribution >= 0.6 is 11.8 Å². The molecule has 0 heterocycles. The lowest BCUT2D eigenvalue weighted by molar-refractivity contribution is 0.611. The lowest BCUT2D eigenvalue weighted by Gasteiger charge is -1.98. The summed E-state index contributed by atoms with van der Waals surface area (Å²) in [5.41, 5.74) is 0. The summed E-state index contributed by atoms with van der Waals surface area (Å²) in [6.07, 6.45) is 12.0. The minimum Gasteiger partial charge on any atom is -0.132 e. The molecule has 0 radical (unpaired) electrons. The van der Waals surface area contributed by atoms with Crippen molar-refractivity contribution in [2.24, 2.45) is 0 Å². The zero-order chi connectivity index (χ0) is 10.6. The molecule has 0 aromatic rings. The maximum Gasteiger partial charge on any atom is 0.00316 e. The molecule has 0 fully saturated rings. The average Bonchev–Trinajstić information content (AvgIpc) is 2.15. The third kappa shape index (κ3) is 12.1. The number of hydrogen-bond acceptors (Lipinski definition) is 1. The summed E-state index contributed by atoms with van der Waals surface area (Å²) in [5, 5.41) is 2.99. The van der Waals surface area contributed by atoms with Crippen molar-refractivity contribution in [3.8, 4) is 0 Å². The monoisotopic (exact) mass is 214 g/mol. The molecule has 1 heteroatoms. The minimum absolute atomic E-state index is 0.732. The van der Waals surface area contributed by atoms with E-state index >= 15 is 0 Å². The van der Waals surface area contributed by atoms with Crippen LogP contribution in [0.1, 0.15) is 65.7 Å². The standard InChI is InChI=1S/C13H26S/c1-4-5-6-7-8-9-10-11-12-14-13(2)3/h11-13H,4-10H2,1-3H3/b12-11-. The molecule has 84 valence electrons. The molecule has 0 atom stereocenters. The quantitative estimate of drug-likeness (QED) is 0.464. The molecule has 0 amide bonds. The first-order valence-electron chi connectivity index (χ1n) is 6.07. The zero-order valence-corrected chi connectivity index (χ0v) is 10.9. The van der Waals surface area contributed by atoms with Crippen LogP contribution in [0, 0.1) is 0 Å². The van der Waals surface area contributed by atoms with Crippen LogP contribution in [0.15, 0.2) is 11.5 Å². The van der Waals surface area contributed by atoms with Gasteiger partial charge in [0.15, 0.2) is 0 Å². The molecule has 0 aliphatic heterocycles. The first-order valence-corrected chi connectivity index (χ1v) is 7.02. The van der Waals surface area contributed by atoms with Gasteiger partial charge in [0.05, 0.1) is 0 Å². The molecule has 0 aromatic heterocycles. The van der Waals surface area contributed by atoms with Crippen LogP contribution in [0.4, 0.5) is 0 Å². The van der Waals surface area contributed by atoms with Gasteiger partial charge in [0.1, 0.15) is 0 Å². The highest BCUT2D eigenvalue weighted by Gasteiger charge is 1.89. The highest BCUT2D eigenvalue weighted by Crippen LogP contribution is 2.12. The van der Waals surface area contributed by atoms with Gasteiger partial charge in [-0.15, -0.1) is 11.8 Å². The zero-order valence-electron chi connectivity index (χ0n) is 10.1. The molecule has 0 spiro atoms. The summed E-state index contributed by atoms with van der Waals surface area (Å²) in [6, 6.07) is 0. The van der Waals surface area contributed by atoms with Crippen LogP contribution in [0.5, 0.6) is 0 Å². The molecule has 0 aromatic carbocycles. The van der Waals surface area contributed by atoms with E-state index in [1.807, 2.05) is 11.8 Å². The van der Waals surface area contributed by atoms with E-state index in [0.717, 1.165) is 5.25 Å². The van der Waals surface area contributed by atoms with Crippen molar-refractivity contribution in [2.45, 2.75) is 71.0 Å². The van der Waals surface area contributed by atoms with Gasteiger partial charge in [-0.05, 0) is 18.2 Å². The lowest BCUT2D eigenvalue weighted by Crippen LogP contribution is -1.81. The summed E-state index contributed by atoms with van der Waals surface area (Å²) >= 11 is 1.92. The van der Waals surface area contributed by atoms with E-state index < -0.39 is 0 Å². The average molecular weight is 214 g/mol. The number of rotatable bonds is 9. The topological polar surface area (TPSA) is 0 Å². The minimum atomic E-state index is 0.732. The molecular weight excluding hydrogens is 188 g/mol. The Kier molecular flexibility index (Phi) is 11.2. The largest absolute Gasteiger partial charge is 0.132 e. The second-order valence-corrected chi connectivity index (χ2v) is 5.60. The summed E-state index contributed by atoms with van der Waals surface area (Å²) in [7, 11) is 0. The summed E-state index contributed by atoms with van der Waals surface area (Å²) < 4.78 is 0. The van der Waals surface area contributed by atoms with Gasteiger partial charge in [-0.3, -0.25) is 0 Å². The van der Waals surface area contributed by atoms with Gasteiger partial charge in [0.25, 0.3) is 0 Å². The maximum absolute atomic E-state index is 2.32. The lowest BCUT2D eigenvalue weighted by atomic mass is 10.1. The van der Waals surface area contributed by atoms with E-state index in [4.69, 9.17) is 0 Å². The van der Waals surface area contributed by atoms with Crippen molar-refractivity contribution in [3.05, 3.63) is 11.5 Å². The second kappa shape index (κ2) is 11.2. The normalized spacial score (nSPS) is 11.7. The van der Waals surface area contributed by atoms with Crippen molar-refractivity contribution < 1.29 is 0 Å². The molecule has 0 nitrogen and oxygen atoms in total. The molecule has 0 rings (SSSR count). The van der Waals surface area contributed by atoms with Gasteiger partial charge in [-0.1, -0.05) is 59.0 Å². The van der Waals surface area contributed by atoms with Gasteiger partial charge in [0, 0.05) is 5.25 Å². The molecule has 0 unspecified atom stereocenters. The molecule has 0 N–H and O–H groups in total. The third-order valence-electron chi connectivity index (χ3n) is 2.17. The van der Waals surface area contributed by atoms with Crippen LogP contribution < -0.4 is 0 Å². The van der Waals surface area contributed by atoms with E-state index in [1.165, 1.54) is 44.9 Å². The predicted octanol–water partition coefficient (Wildman–Crippen LogP) is 5.39. The first kappa shape index (κ1) is 14.1. The fourth-order valence-corrected chi connectivity index (χ4v) is 1.88. The Bertz CT molecular complexity index is 127. The van der Waals surface area contributed by atoms with Gasteiger partial charge in [-0.2, -0.15) is 0 Å². The first-order chi connectivity index (χ1) is 6.77. The molecule has 0 saturated heterocycles. The van der Waals surface area contributed by atoms with Gasteiger partial charge in [0.2, 0.25) is 0 Å². The predicted molar refractivity (Wildman–Crippen MR) is 69.9 cm³/mol. The fourth-order valence-electron chi connectivity index (χ4n) is 1.32. The highest BCUT2D eigenvalue weighted by molar-refractivity contribution is 8.02. The van der Waals surface area contributed by atoms with E-state index in [-0.39, 0.29) is 0 Å². The fraction of sp³-hybridized carbons (Fsp3) is 0.846. The SMILES string of the molecule is CCCCCCCC/C=C\SC(C)C. The number of hydrogen-bond donors (Lipinski definition) is 0. The Labute approximate surface area is 94.6 Å². The molecule has 0 bridgehead atoms. The summed E-state index contributed by atoms with van der Waals surface area (Å²) in [4.78, 5) is 0. The van der Waals surface area contributed by atoms with Crippen LogP contribution in [-0.4, -0.2) is 5.25 Å². The molecule has 0 saturated carbocycles. The van der Waals surface area contributed by atoms with Crippen molar-refractivity contribution in [1.82, 2.24) is 0 Å². The molecule has 14 heavy (non-hydrogen) atoms. The Balaban J connectivity index is 3.01. The highest BCUT2D eigenvalue weighted by atomic mass is 32.2. The molecular formula is C13H26S. The van der Waals surface area contributed by atoms with E-state index in [2.05, 4.69) is 32.3 Å². The second-order valence-electron chi connectivity index (χ2n) is 4.11. The Morgan fingerprint density at radius 3 is 2.29 bits per heavy atom. The molecule has 0 aliphatic rings. The number of unbranched alkanes of at least 4 members (excludes halogenated alkanes) is 6. The van der Waals surface area contributed by atoms with E-state index in [1.54, 1.807) is 0 Å². The van der Waals surface area contributed by atoms with Crippen molar-refractivity contribution >= 4 is 11.8 Å². The van der Waals surface area contributed by atoms with Crippen LogP contribution in [0.3, 0.4) is 0 Å². The van der Waals surface area contributed by atoms with Gasteiger partial charge >= 0.3 is 0 Å². The van der Waals surface area contributed by atoms with Crippen molar-refractivity contribution in [1.29, 1.82) is 0 Å². The van der Waals surface area contributed by atoms with Crippen molar-refractivity contribution in [2.75, 3.05) is 0 Å². The van der Waals surface area contributed by atoms with Gasteiger partial charge < -0.3 is 0 Å². The van der Waals surface area contributed by atoms with E-state index in [9.17, 15) is 0 Å². The number of allylic oxidation sites excluding steroid dienone is 1. The van der Waals surface area contributed by atoms with E-state index in [0.29, 0.717) is 0 Å². The smallest absolute Gasteiger partial charge is 0.00316 e. The Hall–Kier alpha value is 0.0900. The molecule has 0 aliphatic carbocycles. The Morgan fingerprint density at radius 1 is 1.00 bits per heavy atom. The third-order valence-corrected chi connectivity index (χ3v) is 3.07. The van der Waals surface area contributed by atoms with Crippen LogP contribution in [0.25, 0.3) is 0 Å². The summed E-state index contributed by atoms with van der Waals surface area (Å²) in [6.45, 7) is 6.74. The van der Waals surface area contributed by atoms with Crippen LogP contribution in [-0.2, 0) is 0 Å². The summed E-state index contributed by atoms with van der Waals surface area (Å²) in [5.74, 6) is 0. The number of thioether (sulfide) groups is 1. The van der Waals surface area contributed by atoms with Gasteiger partial charge in [-0.25, -0.2) is 0 Å². The van der Waals surface area contributed by atoms with Crippen LogP contribution in [0.2, 0.25) is 0 Å².